The Bertz CT molecular complexity index is 391. The first-order valence-corrected chi connectivity index (χ1v) is 4.47. The molecule has 0 saturated heterocycles. The first-order chi connectivity index (χ1) is 6.49. The van der Waals surface area contributed by atoms with E-state index < -0.39 is 11.6 Å². The normalized spacial score (nSPS) is 10.1. The minimum atomic E-state index is -0.734. The summed E-state index contributed by atoms with van der Waals surface area (Å²) < 4.78 is 18.0. The summed E-state index contributed by atoms with van der Waals surface area (Å²) in [6.45, 7) is 1.26. The average Bonchev–Trinajstić information content (AvgIpc) is 2.10. The van der Waals surface area contributed by atoms with Crippen LogP contribution in [0.15, 0.2) is 6.07 Å². The van der Waals surface area contributed by atoms with Crippen LogP contribution in [-0.4, -0.2) is 12.9 Å². The summed E-state index contributed by atoms with van der Waals surface area (Å²) in [7, 11) is 1.34. The lowest BCUT2D eigenvalue weighted by atomic mass is 10.1. The SMILES string of the molecule is COc1c(Cl)cc(F)c(Cl)c1C(C)=O. The fraction of sp³-hybridized carbons (Fsp3) is 0.222. The highest BCUT2D eigenvalue weighted by Crippen LogP contribution is 2.36. The summed E-state index contributed by atoms with van der Waals surface area (Å²) in [5.41, 5.74) is -0.0285. The Morgan fingerprint density at radius 3 is 2.50 bits per heavy atom. The van der Waals surface area contributed by atoms with E-state index in [1.165, 1.54) is 14.0 Å². The van der Waals surface area contributed by atoms with Gasteiger partial charge in [0.25, 0.3) is 0 Å². The Hall–Kier alpha value is -0.800. The summed E-state index contributed by atoms with van der Waals surface area (Å²) in [5, 5.41) is -0.238. The van der Waals surface area contributed by atoms with Crippen LogP contribution in [0.5, 0.6) is 5.75 Å². The Balaban J connectivity index is 3.56. The number of benzene rings is 1. The second-order valence-corrected chi connectivity index (χ2v) is 3.40. The quantitative estimate of drug-likeness (QED) is 0.582. The van der Waals surface area contributed by atoms with Crippen LogP contribution in [0, 0.1) is 5.82 Å². The van der Waals surface area contributed by atoms with Gasteiger partial charge in [0.1, 0.15) is 11.6 Å². The molecule has 0 saturated carbocycles. The average molecular weight is 237 g/mol. The van der Waals surface area contributed by atoms with Gasteiger partial charge >= 0.3 is 0 Å². The first-order valence-electron chi connectivity index (χ1n) is 3.71. The Kier molecular flexibility index (Phi) is 3.34. The van der Waals surface area contributed by atoms with Gasteiger partial charge < -0.3 is 4.74 Å². The zero-order valence-electron chi connectivity index (χ0n) is 7.53. The highest BCUT2D eigenvalue weighted by molar-refractivity contribution is 6.37. The van der Waals surface area contributed by atoms with Crippen LogP contribution in [0.25, 0.3) is 0 Å². The number of hydrogen-bond acceptors (Lipinski definition) is 2. The van der Waals surface area contributed by atoms with E-state index in [1.807, 2.05) is 0 Å². The lowest BCUT2D eigenvalue weighted by Crippen LogP contribution is -2.01. The third-order valence-corrected chi connectivity index (χ3v) is 2.33. The summed E-state index contributed by atoms with van der Waals surface area (Å²) in [6, 6.07) is 1.01. The van der Waals surface area contributed by atoms with Crippen molar-refractivity contribution < 1.29 is 13.9 Å². The van der Waals surface area contributed by atoms with E-state index in [1.54, 1.807) is 0 Å². The molecular formula is C9H7Cl2FO2. The second-order valence-electron chi connectivity index (χ2n) is 2.62. The molecule has 1 rings (SSSR count). The van der Waals surface area contributed by atoms with Crippen LogP contribution >= 0.6 is 23.2 Å². The van der Waals surface area contributed by atoms with E-state index in [2.05, 4.69) is 0 Å². The largest absolute Gasteiger partial charge is 0.494 e. The first kappa shape index (κ1) is 11.3. The molecule has 0 fully saturated rings. The third kappa shape index (κ3) is 1.83. The molecule has 0 heterocycles. The number of methoxy groups -OCH3 is 1. The molecule has 0 aliphatic rings. The van der Waals surface area contributed by atoms with Crippen molar-refractivity contribution in [3.8, 4) is 5.75 Å². The molecule has 1 aromatic rings. The predicted octanol–water partition coefficient (Wildman–Crippen LogP) is 3.34. The topological polar surface area (TPSA) is 26.3 Å². The number of ether oxygens (including phenoxy) is 1. The number of ketones is 1. The van der Waals surface area contributed by atoms with E-state index in [4.69, 9.17) is 27.9 Å². The van der Waals surface area contributed by atoms with E-state index in [-0.39, 0.29) is 21.4 Å². The van der Waals surface area contributed by atoms with Crippen molar-refractivity contribution >= 4 is 29.0 Å². The Labute approximate surface area is 90.6 Å². The molecule has 0 bridgehead atoms. The maximum atomic E-state index is 13.1. The second kappa shape index (κ2) is 4.15. The zero-order valence-corrected chi connectivity index (χ0v) is 9.04. The van der Waals surface area contributed by atoms with Gasteiger partial charge in [-0.15, -0.1) is 0 Å². The van der Waals surface area contributed by atoms with E-state index >= 15 is 0 Å². The molecule has 0 spiro atoms. The lowest BCUT2D eigenvalue weighted by molar-refractivity contribution is 0.101. The van der Waals surface area contributed by atoms with Gasteiger partial charge in [0.15, 0.2) is 5.78 Å². The molecule has 0 unspecified atom stereocenters. The smallest absolute Gasteiger partial charge is 0.165 e. The maximum absolute atomic E-state index is 13.1. The van der Waals surface area contributed by atoms with Gasteiger partial charge in [0.2, 0.25) is 0 Å². The number of halogens is 3. The number of carbonyl (C=O) groups is 1. The lowest BCUT2D eigenvalue weighted by Gasteiger charge is -2.10. The van der Waals surface area contributed by atoms with Crippen molar-refractivity contribution in [3.05, 3.63) is 27.5 Å². The maximum Gasteiger partial charge on any atom is 0.165 e. The summed E-state index contributed by atoms with van der Waals surface area (Å²) in [4.78, 5) is 11.2. The number of hydrogen-bond donors (Lipinski definition) is 0. The van der Waals surface area contributed by atoms with Gasteiger partial charge in [-0.1, -0.05) is 23.2 Å². The number of rotatable bonds is 2. The van der Waals surface area contributed by atoms with Crippen LogP contribution in [0.2, 0.25) is 10.0 Å². The van der Waals surface area contributed by atoms with Crippen LogP contribution in [-0.2, 0) is 0 Å². The van der Waals surface area contributed by atoms with Gasteiger partial charge in [-0.3, -0.25) is 4.79 Å². The monoisotopic (exact) mass is 236 g/mol. The van der Waals surface area contributed by atoms with Crippen LogP contribution in [0.4, 0.5) is 4.39 Å². The van der Waals surface area contributed by atoms with Crippen molar-refractivity contribution in [2.45, 2.75) is 6.92 Å². The van der Waals surface area contributed by atoms with Gasteiger partial charge in [0, 0.05) is 0 Å². The fourth-order valence-corrected chi connectivity index (χ4v) is 1.63. The fourth-order valence-electron chi connectivity index (χ4n) is 1.09. The van der Waals surface area contributed by atoms with E-state index in [0.29, 0.717) is 0 Å². The molecule has 14 heavy (non-hydrogen) atoms. The van der Waals surface area contributed by atoms with Crippen molar-refractivity contribution in [3.63, 3.8) is 0 Å². The van der Waals surface area contributed by atoms with Gasteiger partial charge in [-0.2, -0.15) is 0 Å². The Morgan fingerprint density at radius 2 is 2.07 bits per heavy atom. The van der Waals surface area contributed by atoms with E-state index in [9.17, 15) is 9.18 Å². The predicted molar refractivity (Wildman–Crippen MR) is 53.0 cm³/mol. The van der Waals surface area contributed by atoms with Crippen molar-refractivity contribution in [2.75, 3.05) is 7.11 Å². The molecule has 0 N–H and O–H groups in total. The van der Waals surface area contributed by atoms with Gasteiger partial charge in [-0.25, -0.2) is 4.39 Å². The van der Waals surface area contributed by atoms with Crippen molar-refractivity contribution in [1.29, 1.82) is 0 Å². The molecule has 0 amide bonds. The van der Waals surface area contributed by atoms with Crippen molar-refractivity contribution in [2.24, 2.45) is 0 Å². The summed E-state index contributed by atoms with van der Waals surface area (Å²) in [6.07, 6.45) is 0. The highest BCUT2D eigenvalue weighted by atomic mass is 35.5. The zero-order chi connectivity index (χ0) is 10.9. The standard InChI is InChI=1S/C9H7Cl2FO2/c1-4(13)7-8(11)6(12)3-5(10)9(7)14-2/h3H,1-2H3. The third-order valence-electron chi connectivity index (χ3n) is 1.68. The van der Waals surface area contributed by atoms with Gasteiger partial charge in [-0.05, 0) is 13.0 Å². The minimum Gasteiger partial charge on any atom is -0.494 e. The molecule has 76 valence electrons. The molecule has 0 aromatic heterocycles. The number of carbonyl (C=O) groups excluding carboxylic acids is 1. The van der Waals surface area contributed by atoms with E-state index in [0.717, 1.165) is 6.07 Å². The molecule has 5 heteroatoms. The molecule has 0 aliphatic heterocycles. The molecule has 0 radical (unpaired) electrons. The minimum absolute atomic E-state index is 0.0274. The van der Waals surface area contributed by atoms with Crippen LogP contribution in [0.1, 0.15) is 17.3 Å². The number of Topliss-reactive ketones (excluding diaryl/α,β-unsaturated/α-hetero) is 1. The highest BCUT2D eigenvalue weighted by Gasteiger charge is 2.19. The Morgan fingerprint density at radius 1 is 1.50 bits per heavy atom. The molecule has 0 atom stereocenters. The molecule has 0 aliphatic carbocycles. The van der Waals surface area contributed by atoms with Crippen LogP contribution in [0.3, 0.4) is 0 Å². The summed E-state index contributed by atoms with van der Waals surface area (Å²) in [5.74, 6) is -1.03. The molecule has 1 aromatic carbocycles. The molecular weight excluding hydrogens is 230 g/mol. The summed E-state index contributed by atoms with van der Waals surface area (Å²) >= 11 is 11.3. The van der Waals surface area contributed by atoms with Crippen molar-refractivity contribution in [1.82, 2.24) is 0 Å². The van der Waals surface area contributed by atoms with Crippen LogP contribution < -0.4 is 4.74 Å². The molecule has 2 nitrogen and oxygen atoms in total. The van der Waals surface area contributed by atoms with Gasteiger partial charge in [0.05, 0.1) is 22.7 Å².